The summed E-state index contributed by atoms with van der Waals surface area (Å²) in [5.74, 6) is -0.542. The number of aliphatic hydroxyl groups excluding tert-OH is 2. The summed E-state index contributed by atoms with van der Waals surface area (Å²) in [6.07, 6.45) is 52.5. The minimum absolute atomic E-state index is 0.0606. The fourth-order valence-corrected chi connectivity index (χ4v) is 7.90. The lowest BCUT2D eigenvalue weighted by atomic mass is 10.0. The Labute approximate surface area is 361 Å². The predicted octanol–water partition coefficient (Wildman–Crippen LogP) is 15.1. The number of rotatable bonds is 46. The van der Waals surface area contributed by atoms with E-state index in [9.17, 15) is 19.8 Å². The van der Waals surface area contributed by atoms with Gasteiger partial charge >= 0.3 is 5.97 Å². The standard InChI is InChI=1S/C52H99NO5/c1-4-7-10-13-16-19-21-23-24-25-26-28-29-32-34-37-40-43-48(58-52(57)45-42-39-36-33-30-27-22-20-17-14-11-8-5-2)46-51(56)53-49(47-54)50(55)44-41-38-35-31-18-15-12-9-6-3/h27,30,36,39,48-50,54-55H,4-26,28-29,31-35,37-38,40-47H2,1-3H3,(H,53,56)/b30-27-,39-36+. The summed E-state index contributed by atoms with van der Waals surface area (Å²) >= 11 is 0. The van der Waals surface area contributed by atoms with Crippen molar-refractivity contribution in [3.8, 4) is 0 Å². The lowest BCUT2D eigenvalue weighted by Gasteiger charge is -2.24. The number of nitrogens with one attached hydrogen (secondary N) is 1. The van der Waals surface area contributed by atoms with Crippen LogP contribution >= 0.6 is 0 Å². The Hall–Kier alpha value is -1.66. The largest absolute Gasteiger partial charge is 0.462 e. The highest BCUT2D eigenvalue weighted by atomic mass is 16.5. The maximum absolute atomic E-state index is 13.2. The van der Waals surface area contributed by atoms with E-state index in [1.807, 2.05) is 0 Å². The predicted molar refractivity (Wildman–Crippen MR) is 250 cm³/mol. The highest BCUT2D eigenvalue weighted by Crippen LogP contribution is 2.18. The Balaban J connectivity index is 4.59. The molecule has 342 valence electrons. The number of carbonyl (C=O) groups is 2. The van der Waals surface area contributed by atoms with Gasteiger partial charge in [-0.25, -0.2) is 0 Å². The molecule has 0 spiro atoms. The lowest BCUT2D eigenvalue weighted by Crippen LogP contribution is -2.46. The van der Waals surface area contributed by atoms with E-state index in [1.54, 1.807) is 0 Å². The van der Waals surface area contributed by atoms with Gasteiger partial charge in [-0.2, -0.15) is 0 Å². The summed E-state index contributed by atoms with van der Waals surface area (Å²) in [6, 6.07) is -0.705. The molecule has 3 N–H and O–H groups in total. The summed E-state index contributed by atoms with van der Waals surface area (Å²) in [5, 5.41) is 23.7. The number of hydrogen-bond donors (Lipinski definition) is 3. The van der Waals surface area contributed by atoms with Crippen LogP contribution in [0, 0.1) is 0 Å². The molecule has 58 heavy (non-hydrogen) atoms. The van der Waals surface area contributed by atoms with Gasteiger partial charge < -0.3 is 20.3 Å². The van der Waals surface area contributed by atoms with E-state index >= 15 is 0 Å². The smallest absolute Gasteiger partial charge is 0.306 e. The van der Waals surface area contributed by atoms with Crippen LogP contribution in [0.2, 0.25) is 0 Å². The van der Waals surface area contributed by atoms with Gasteiger partial charge in [0.25, 0.3) is 0 Å². The first kappa shape index (κ1) is 56.3. The van der Waals surface area contributed by atoms with Crippen LogP contribution in [0.5, 0.6) is 0 Å². The zero-order valence-electron chi connectivity index (χ0n) is 38.9. The van der Waals surface area contributed by atoms with E-state index in [4.69, 9.17) is 4.74 Å². The number of ether oxygens (including phenoxy) is 1. The molecule has 0 aromatic rings. The van der Waals surface area contributed by atoms with E-state index in [0.717, 1.165) is 44.9 Å². The van der Waals surface area contributed by atoms with Crippen molar-refractivity contribution in [1.29, 1.82) is 0 Å². The average molecular weight is 818 g/mol. The Morgan fingerprint density at radius 2 is 0.879 bits per heavy atom. The van der Waals surface area contributed by atoms with Crippen LogP contribution in [0.25, 0.3) is 0 Å². The SMILES string of the molecule is CCCCCCCC/C=C\C/C=C/CCC(=O)OC(CCCCCCCCCCCCCCCCCCC)CC(=O)NC(CO)C(O)CCCCCCCCCCC. The second kappa shape index (κ2) is 46.4. The summed E-state index contributed by atoms with van der Waals surface area (Å²) in [7, 11) is 0. The van der Waals surface area contributed by atoms with Crippen molar-refractivity contribution in [2.24, 2.45) is 0 Å². The zero-order chi connectivity index (χ0) is 42.4. The van der Waals surface area contributed by atoms with Gasteiger partial charge in [0.1, 0.15) is 6.10 Å². The van der Waals surface area contributed by atoms with E-state index in [1.165, 1.54) is 173 Å². The minimum Gasteiger partial charge on any atom is -0.462 e. The molecule has 1 amide bonds. The van der Waals surface area contributed by atoms with E-state index in [-0.39, 0.29) is 24.9 Å². The Bertz CT molecular complexity index is 919. The van der Waals surface area contributed by atoms with Gasteiger partial charge in [-0.15, -0.1) is 0 Å². The summed E-state index contributed by atoms with van der Waals surface area (Å²) in [6.45, 7) is 6.46. The van der Waals surface area contributed by atoms with Gasteiger partial charge in [0.05, 0.1) is 25.2 Å². The first-order chi connectivity index (χ1) is 28.5. The van der Waals surface area contributed by atoms with Crippen molar-refractivity contribution in [2.45, 2.75) is 289 Å². The molecule has 0 bridgehead atoms. The maximum Gasteiger partial charge on any atom is 0.306 e. The molecule has 0 rings (SSSR count). The second-order valence-corrected chi connectivity index (χ2v) is 17.6. The highest BCUT2D eigenvalue weighted by molar-refractivity contribution is 5.77. The van der Waals surface area contributed by atoms with Crippen molar-refractivity contribution in [3.05, 3.63) is 24.3 Å². The number of allylic oxidation sites excluding steroid dienone is 4. The second-order valence-electron chi connectivity index (χ2n) is 17.6. The number of esters is 1. The van der Waals surface area contributed by atoms with Crippen LogP contribution in [0.1, 0.15) is 271 Å². The fourth-order valence-electron chi connectivity index (χ4n) is 7.90. The van der Waals surface area contributed by atoms with Gasteiger partial charge in [0.2, 0.25) is 5.91 Å². The molecule has 6 nitrogen and oxygen atoms in total. The Kier molecular flexibility index (Phi) is 45.1. The molecule has 0 aliphatic rings. The van der Waals surface area contributed by atoms with Crippen LogP contribution in [-0.2, 0) is 14.3 Å². The topological polar surface area (TPSA) is 95.9 Å². The van der Waals surface area contributed by atoms with Crippen molar-refractivity contribution in [1.82, 2.24) is 5.32 Å². The third-order valence-electron chi connectivity index (χ3n) is 11.8. The number of unbranched alkanes of at least 4 members (excludes halogenated alkanes) is 30. The third-order valence-corrected chi connectivity index (χ3v) is 11.8. The van der Waals surface area contributed by atoms with Crippen molar-refractivity contribution < 1.29 is 24.5 Å². The van der Waals surface area contributed by atoms with Gasteiger partial charge in [-0.05, 0) is 44.9 Å². The number of aliphatic hydroxyl groups is 2. The molecular weight excluding hydrogens is 719 g/mol. The molecule has 0 heterocycles. The monoisotopic (exact) mass is 818 g/mol. The molecule has 3 atom stereocenters. The molecule has 0 aromatic heterocycles. The van der Waals surface area contributed by atoms with Gasteiger partial charge in [0.15, 0.2) is 0 Å². The van der Waals surface area contributed by atoms with Crippen molar-refractivity contribution in [2.75, 3.05) is 6.61 Å². The maximum atomic E-state index is 13.2. The van der Waals surface area contributed by atoms with Crippen molar-refractivity contribution >= 4 is 11.9 Å². The minimum atomic E-state index is -0.790. The highest BCUT2D eigenvalue weighted by Gasteiger charge is 2.24. The van der Waals surface area contributed by atoms with Crippen LogP contribution in [0.3, 0.4) is 0 Å². The van der Waals surface area contributed by atoms with E-state index in [0.29, 0.717) is 25.7 Å². The molecule has 0 fully saturated rings. The summed E-state index contributed by atoms with van der Waals surface area (Å²) < 4.78 is 5.89. The summed E-state index contributed by atoms with van der Waals surface area (Å²) in [5.41, 5.74) is 0. The summed E-state index contributed by atoms with van der Waals surface area (Å²) in [4.78, 5) is 26.0. The first-order valence-corrected chi connectivity index (χ1v) is 25.6. The molecule has 0 aromatic carbocycles. The molecule has 0 saturated carbocycles. The van der Waals surface area contributed by atoms with Gasteiger partial charge in [-0.3, -0.25) is 9.59 Å². The van der Waals surface area contributed by atoms with Crippen LogP contribution in [-0.4, -0.2) is 46.9 Å². The zero-order valence-corrected chi connectivity index (χ0v) is 38.9. The molecule has 0 aliphatic heterocycles. The average Bonchev–Trinajstić information content (AvgIpc) is 3.22. The van der Waals surface area contributed by atoms with E-state index in [2.05, 4.69) is 50.4 Å². The Morgan fingerprint density at radius 3 is 1.31 bits per heavy atom. The molecule has 0 radical (unpaired) electrons. The Morgan fingerprint density at radius 1 is 0.500 bits per heavy atom. The normalized spacial score (nSPS) is 13.4. The van der Waals surface area contributed by atoms with Gasteiger partial charge in [0, 0.05) is 6.42 Å². The van der Waals surface area contributed by atoms with Crippen molar-refractivity contribution in [3.63, 3.8) is 0 Å². The van der Waals surface area contributed by atoms with Crippen LogP contribution < -0.4 is 5.32 Å². The van der Waals surface area contributed by atoms with E-state index < -0.39 is 18.2 Å². The third kappa shape index (κ3) is 41.1. The molecule has 3 unspecified atom stereocenters. The number of amides is 1. The lowest BCUT2D eigenvalue weighted by molar-refractivity contribution is -0.150. The molecule has 0 aliphatic carbocycles. The van der Waals surface area contributed by atoms with Crippen LogP contribution in [0.15, 0.2) is 24.3 Å². The fraction of sp³-hybridized carbons (Fsp3) is 0.885. The van der Waals surface area contributed by atoms with Gasteiger partial charge in [-0.1, -0.05) is 238 Å². The molecular formula is C52H99NO5. The van der Waals surface area contributed by atoms with Crippen LogP contribution in [0.4, 0.5) is 0 Å². The number of hydrogen-bond acceptors (Lipinski definition) is 5. The molecule has 6 heteroatoms. The quantitative estimate of drug-likeness (QED) is 0.0323. The molecule has 0 saturated heterocycles. The first-order valence-electron chi connectivity index (χ1n) is 25.6. The number of carbonyl (C=O) groups excluding carboxylic acids is 2.